The molecule has 7 nitrogen and oxygen atoms in total. The highest BCUT2D eigenvalue weighted by atomic mass is 35.5. The fourth-order valence-electron chi connectivity index (χ4n) is 2.10. The van der Waals surface area contributed by atoms with Crippen molar-refractivity contribution in [3.05, 3.63) is 58.3 Å². The molecule has 3 rings (SSSR count). The zero-order valence-corrected chi connectivity index (χ0v) is 15.6. The van der Waals surface area contributed by atoms with Crippen molar-refractivity contribution in [2.75, 3.05) is 11.1 Å². The number of nitrogens with zero attached hydrogens (tertiary/aromatic N) is 2. The van der Waals surface area contributed by atoms with Gasteiger partial charge < -0.3 is 4.42 Å². The average molecular weight is 430 g/mol. The summed E-state index contributed by atoms with van der Waals surface area (Å²) in [6.07, 6.45) is 0. The number of nitrogens with one attached hydrogen (secondary N) is 1. The SMILES string of the molecule is O=C(CS(=O)(=O)c1ccc(F)cc1)Nc1nnc(-c2cc(Cl)ccc2Cl)o1. The van der Waals surface area contributed by atoms with Crippen molar-refractivity contribution in [3.63, 3.8) is 0 Å². The fourth-order valence-corrected chi connectivity index (χ4v) is 3.60. The van der Waals surface area contributed by atoms with Gasteiger partial charge in [0.1, 0.15) is 11.6 Å². The van der Waals surface area contributed by atoms with E-state index in [2.05, 4.69) is 15.5 Å². The molecule has 1 aromatic heterocycles. The molecule has 0 aliphatic rings. The van der Waals surface area contributed by atoms with Crippen LogP contribution < -0.4 is 5.32 Å². The number of hydrogen-bond donors (Lipinski definition) is 1. The highest BCUT2D eigenvalue weighted by Gasteiger charge is 2.21. The summed E-state index contributed by atoms with van der Waals surface area (Å²) in [7, 11) is -3.96. The first-order valence-corrected chi connectivity index (χ1v) is 9.72. The molecule has 2 aromatic carbocycles. The number of carbonyl (C=O) groups is 1. The van der Waals surface area contributed by atoms with Gasteiger partial charge in [-0.05, 0) is 42.5 Å². The van der Waals surface area contributed by atoms with Crippen LogP contribution in [0.3, 0.4) is 0 Å². The number of halogens is 3. The maximum absolute atomic E-state index is 12.9. The lowest BCUT2D eigenvalue weighted by Crippen LogP contribution is -2.23. The summed E-state index contributed by atoms with van der Waals surface area (Å²) in [5, 5.41) is 10.3. The summed E-state index contributed by atoms with van der Waals surface area (Å²) in [4.78, 5) is 11.8. The van der Waals surface area contributed by atoms with E-state index >= 15 is 0 Å². The topological polar surface area (TPSA) is 102 Å². The molecule has 0 saturated heterocycles. The standard InChI is InChI=1S/C16H10Cl2FN3O4S/c17-9-1-6-13(18)12(7-9)15-21-22-16(26-15)20-14(23)8-27(24,25)11-4-2-10(19)3-5-11/h1-7H,8H2,(H,20,22,23). The summed E-state index contributed by atoms with van der Waals surface area (Å²) in [6, 6.07) is 8.44. The maximum atomic E-state index is 12.9. The van der Waals surface area contributed by atoms with Gasteiger partial charge in [0.25, 0.3) is 5.89 Å². The van der Waals surface area contributed by atoms with Crippen molar-refractivity contribution < 1.29 is 22.0 Å². The van der Waals surface area contributed by atoms with Gasteiger partial charge in [-0.25, -0.2) is 12.8 Å². The molecule has 1 heterocycles. The van der Waals surface area contributed by atoms with E-state index in [-0.39, 0.29) is 16.8 Å². The van der Waals surface area contributed by atoms with E-state index in [4.69, 9.17) is 27.6 Å². The van der Waals surface area contributed by atoms with E-state index in [0.29, 0.717) is 15.6 Å². The van der Waals surface area contributed by atoms with Crippen LogP contribution in [0.5, 0.6) is 0 Å². The second-order valence-electron chi connectivity index (χ2n) is 5.30. The highest BCUT2D eigenvalue weighted by molar-refractivity contribution is 7.92. The van der Waals surface area contributed by atoms with Crippen LogP contribution in [0.15, 0.2) is 51.8 Å². The molecule has 0 radical (unpaired) electrons. The van der Waals surface area contributed by atoms with Crippen LogP contribution >= 0.6 is 23.2 Å². The molecule has 0 aliphatic carbocycles. The number of sulfone groups is 1. The van der Waals surface area contributed by atoms with E-state index < -0.39 is 27.3 Å². The Morgan fingerprint density at radius 3 is 2.52 bits per heavy atom. The molecule has 0 bridgehead atoms. The van der Waals surface area contributed by atoms with Crippen LogP contribution in [0.1, 0.15) is 0 Å². The number of amides is 1. The Balaban J connectivity index is 1.73. The molecular weight excluding hydrogens is 420 g/mol. The maximum Gasteiger partial charge on any atom is 0.322 e. The van der Waals surface area contributed by atoms with Crippen molar-refractivity contribution >= 4 is 45.0 Å². The van der Waals surface area contributed by atoms with Gasteiger partial charge in [0.15, 0.2) is 9.84 Å². The molecule has 0 unspecified atom stereocenters. The summed E-state index contributed by atoms with van der Waals surface area (Å²) < 4.78 is 42.5. The third-order valence-corrected chi connectivity index (χ3v) is 5.52. The number of aromatic nitrogens is 2. The quantitative estimate of drug-likeness (QED) is 0.621. The highest BCUT2D eigenvalue weighted by Crippen LogP contribution is 2.30. The van der Waals surface area contributed by atoms with Gasteiger partial charge >= 0.3 is 6.01 Å². The van der Waals surface area contributed by atoms with E-state index in [1.54, 1.807) is 6.07 Å². The minimum absolute atomic E-state index is 0.000748. The molecular formula is C16H10Cl2FN3O4S. The molecule has 27 heavy (non-hydrogen) atoms. The number of hydrogen-bond acceptors (Lipinski definition) is 6. The lowest BCUT2D eigenvalue weighted by Gasteiger charge is -2.04. The predicted molar refractivity (Wildman–Crippen MR) is 96.8 cm³/mol. The Morgan fingerprint density at radius 2 is 1.81 bits per heavy atom. The van der Waals surface area contributed by atoms with Gasteiger partial charge in [-0.3, -0.25) is 10.1 Å². The van der Waals surface area contributed by atoms with Crippen LogP contribution in [0.2, 0.25) is 10.0 Å². The van der Waals surface area contributed by atoms with Crippen LogP contribution in [0, 0.1) is 5.82 Å². The summed E-state index contributed by atoms with van der Waals surface area (Å²) in [5.74, 6) is -2.36. The van der Waals surface area contributed by atoms with Crippen molar-refractivity contribution in [1.29, 1.82) is 0 Å². The van der Waals surface area contributed by atoms with Crippen molar-refractivity contribution in [2.45, 2.75) is 4.90 Å². The first-order chi connectivity index (χ1) is 12.7. The number of benzene rings is 2. The molecule has 0 aliphatic heterocycles. The summed E-state index contributed by atoms with van der Waals surface area (Å²) in [5.41, 5.74) is 0.357. The van der Waals surface area contributed by atoms with Crippen LogP contribution in [0.4, 0.5) is 10.4 Å². The Labute approximate surface area is 163 Å². The van der Waals surface area contributed by atoms with Crippen molar-refractivity contribution in [1.82, 2.24) is 10.2 Å². The monoisotopic (exact) mass is 429 g/mol. The third-order valence-electron chi connectivity index (χ3n) is 3.32. The lowest BCUT2D eigenvalue weighted by molar-refractivity contribution is -0.114. The third kappa shape index (κ3) is 4.62. The molecule has 0 atom stereocenters. The van der Waals surface area contributed by atoms with Gasteiger partial charge in [0, 0.05) is 5.02 Å². The van der Waals surface area contributed by atoms with Crippen LogP contribution in [-0.2, 0) is 14.6 Å². The lowest BCUT2D eigenvalue weighted by atomic mass is 10.2. The minimum Gasteiger partial charge on any atom is -0.403 e. The van der Waals surface area contributed by atoms with E-state index in [9.17, 15) is 17.6 Å². The van der Waals surface area contributed by atoms with E-state index in [0.717, 1.165) is 24.3 Å². The average Bonchev–Trinajstić information content (AvgIpc) is 3.05. The largest absolute Gasteiger partial charge is 0.403 e. The normalized spacial score (nSPS) is 11.4. The van der Waals surface area contributed by atoms with Gasteiger partial charge in [0.05, 0.1) is 15.5 Å². The number of rotatable bonds is 5. The van der Waals surface area contributed by atoms with Gasteiger partial charge in [-0.1, -0.05) is 28.3 Å². The predicted octanol–water partition coefficient (Wildman–Crippen LogP) is 3.59. The Kier molecular flexibility index (Phi) is 5.45. The first-order valence-electron chi connectivity index (χ1n) is 7.32. The van der Waals surface area contributed by atoms with E-state index in [1.807, 2.05) is 0 Å². The van der Waals surface area contributed by atoms with Gasteiger partial charge in [0.2, 0.25) is 5.91 Å². The fraction of sp³-hybridized carbons (Fsp3) is 0.0625. The minimum atomic E-state index is -3.96. The zero-order chi connectivity index (χ0) is 19.6. The second-order valence-corrected chi connectivity index (χ2v) is 8.13. The zero-order valence-electron chi connectivity index (χ0n) is 13.3. The molecule has 0 spiro atoms. The summed E-state index contributed by atoms with van der Waals surface area (Å²) in [6.45, 7) is 0. The van der Waals surface area contributed by atoms with Crippen molar-refractivity contribution in [2.24, 2.45) is 0 Å². The molecule has 0 saturated carbocycles. The molecule has 1 N–H and O–H groups in total. The smallest absolute Gasteiger partial charge is 0.322 e. The Hall–Kier alpha value is -2.49. The molecule has 0 fully saturated rings. The van der Waals surface area contributed by atoms with Gasteiger partial charge in [-0.2, -0.15) is 0 Å². The van der Waals surface area contributed by atoms with Gasteiger partial charge in [-0.15, -0.1) is 5.10 Å². The summed E-state index contributed by atoms with van der Waals surface area (Å²) >= 11 is 11.9. The van der Waals surface area contributed by atoms with E-state index in [1.165, 1.54) is 12.1 Å². The number of carbonyl (C=O) groups excluding carboxylic acids is 1. The second kappa shape index (κ2) is 7.63. The molecule has 3 aromatic rings. The molecule has 11 heteroatoms. The van der Waals surface area contributed by atoms with Crippen molar-refractivity contribution in [3.8, 4) is 11.5 Å². The number of anilines is 1. The molecule has 140 valence electrons. The Bertz CT molecular complexity index is 1100. The Morgan fingerprint density at radius 1 is 1.11 bits per heavy atom. The van der Waals surface area contributed by atoms with Crippen LogP contribution in [-0.4, -0.2) is 30.3 Å². The first kappa shape index (κ1) is 19.3. The van der Waals surface area contributed by atoms with Crippen LogP contribution in [0.25, 0.3) is 11.5 Å². The molecule has 1 amide bonds.